The molecule has 130 valence electrons. The van der Waals surface area contributed by atoms with Crippen molar-refractivity contribution in [3.05, 3.63) is 43.5 Å². The number of aryl methyl sites for hydroxylation is 1. The molecule has 0 aliphatic heterocycles. The first-order chi connectivity index (χ1) is 12.0. The second-order valence-corrected chi connectivity index (χ2v) is 5.53. The Bertz CT molecular complexity index is 959. The van der Waals surface area contributed by atoms with Crippen LogP contribution >= 0.6 is 23.8 Å². The molecule has 2 rings (SSSR count). The van der Waals surface area contributed by atoms with Gasteiger partial charge in [0.25, 0.3) is 5.56 Å². The lowest BCUT2D eigenvalue weighted by Crippen LogP contribution is -2.22. The van der Waals surface area contributed by atoms with Crippen molar-refractivity contribution in [1.29, 1.82) is 0 Å². The minimum Gasteiger partial charge on any atom is -0.490 e. The lowest BCUT2D eigenvalue weighted by Gasteiger charge is -2.12. The summed E-state index contributed by atoms with van der Waals surface area (Å²) in [6.07, 6.45) is 6.64. The summed E-state index contributed by atoms with van der Waals surface area (Å²) in [5.74, 6) is 3.15. The van der Waals surface area contributed by atoms with Gasteiger partial charge in [0.05, 0.1) is 17.8 Å². The van der Waals surface area contributed by atoms with Gasteiger partial charge in [0, 0.05) is 0 Å². The van der Waals surface area contributed by atoms with E-state index in [1.807, 2.05) is 6.92 Å². The zero-order valence-corrected chi connectivity index (χ0v) is 15.1. The summed E-state index contributed by atoms with van der Waals surface area (Å²) in [6.45, 7) is 3.87. The van der Waals surface area contributed by atoms with Crippen LogP contribution in [0.1, 0.15) is 18.2 Å². The van der Waals surface area contributed by atoms with E-state index in [2.05, 4.69) is 21.2 Å². The second kappa shape index (κ2) is 8.46. The predicted molar refractivity (Wildman–Crippen MR) is 98.4 cm³/mol. The molecule has 0 aliphatic rings. The minimum atomic E-state index is -0.412. The molecule has 0 aliphatic carbocycles. The summed E-state index contributed by atoms with van der Waals surface area (Å²) in [5.41, 5.74) is 0.430. The van der Waals surface area contributed by atoms with Crippen LogP contribution in [0.5, 0.6) is 11.5 Å². The van der Waals surface area contributed by atoms with Crippen molar-refractivity contribution >= 4 is 30.0 Å². The Labute approximate surface area is 154 Å². The Morgan fingerprint density at radius 1 is 1.52 bits per heavy atom. The second-order valence-electron chi connectivity index (χ2n) is 4.73. The van der Waals surface area contributed by atoms with Crippen molar-refractivity contribution in [1.82, 2.24) is 14.9 Å². The van der Waals surface area contributed by atoms with Crippen LogP contribution in [0.15, 0.2) is 22.0 Å². The van der Waals surface area contributed by atoms with Gasteiger partial charge in [0.15, 0.2) is 11.5 Å². The molecule has 1 aromatic heterocycles. The number of hydrogen-bond acceptors (Lipinski definition) is 6. The molecule has 25 heavy (non-hydrogen) atoms. The van der Waals surface area contributed by atoms with Crippen molar-refractivity contribution in [2.75, 3.05) is 13.2 Å². The van der Waals surface area contributed by atoms with Crippen LogP contribution in [0, 0.1) is 24.0 Å². The monoisotopic (exact) mass is 378 g/mol. The van der Waals surface area contributed by atoms with E-state index >= 15 is 0 Å². The third kappa shape index (κ3) is 4.47. The first kappa shape index (κ1) is 18.7. The van der Waals surface area contributed by atoms with Crippen LogP contribution in [0.25, 0.3) is 0 Å². The molecule has 0 amide bonds. The number of aromatic nitrogens is 3. The Balaban J connectivity index is 2.44. The Morgan fingerprint density at radius 2 is 2.28 bits per heavy atom. The number of nitrogens with one attached hydrogen (secondary N) is 1. The molecule has 1 N–H and O–H groups in total. The predicted octanol–water partition coefficient (Wildman–Crippen LogP) is 2.56. The Hall–Kier alpha value is -2.63. The van der Waals surface area contributed by atoms with Gasteiger partial charge in [-0.15, -0.1) is 6.42 Å². The van der Waals surface area contributed by atoms with Crippen LogP contribution in [0.2, 0.25) is 5.02 Å². The fourth-order valence-corrected chi connectivity index (χ4v) is 2.33. The SMILES string of the molecule is C#CCOc1c(Cl)cc(/C=N\n2c(=S)[nH]nc(C)c2=O)cc1OCC. The molecule has 0 radical (unpaired) electrons. The average molecular weight is 379 g/mol. The smallest absolute Gasteiger partial charge is 0.296 e. The number of benzene rings is 1. The maximum absolute atomic E-state index is 12.0. The maximum Gasteiger partial charge on any atom is 0.296 e. The first-order valence-electron chi connectivity index (χ1n) is 7.23. The van der Waals surface area contributed by atoms with Gasteiger partial charge >= 0.3 is 0 Å². The molecular weight excluding hydrogens is 364 g/mol. The van der Waals surface area contributed by atoms with Crippen LogP contribution in [-0.2, 0) is 0 Å². The molecule has 0 bridgehead atoms. The van der Waals surface area contributed by atoms with Gasteiger partial charge in [-0.25, -0.2) is 0 Å². The highest BCUT2D eigenvalue weighted by Crippen LogP contribution is 2.36. The molecule has 1 heterocycles. The topological polar surface area (TPSA) is 81.5 Å². The van der Waals surface area contributed by atoms with Gasteiger partial charge in [0.1, 0.15) is 12.3 Å². The minimum absolute atomic E-state index is 0.0636. The molecule has 2 aromatic rings. The van der Waals surface area contributed by atoms with Gasteiger partial charge in [-0.05, 0) is 43.8 Å². The highest BCUT2D eigenvalue weighted by atomic mass is 35.5. The molecule has 7 nitrogen and oxygen atoms in total. The van der Waals surface area contributed by atoms with Gasteiger partial charge in [0.2, 0.25) is 4.77 Å². The average Bonchev–Trinajstić information content (AvgIpc) is 2.58. The fraction of sp³-hybridized carbons (Fsp3) is 0.250. The number of terminal acetylenes is 1. The van der Waals surface area contributed by atoms with E-state index in [4.69, 9.17) is 39.7 Å². The van der Waals surface area contributed by atoms with E-state index in [-0.39, 0.29) is 17.1 Å². The van der Waals surface area contributed by atoms with Crippen LogP contribution < -0.4 is 15.0 Å². The molecular formula is C16H15ClN4O3S. The van der Waals surface area contributed by atoms with E-state index in [0.29, 0.717) is 28.7 Å². The standard InChI is InChI=1S/C16H15ClN4O3S/c1-4-6-24-14-12(17)7-11(8-13(14)23-5-2)9-18-21-15(22)10(3)19-20-16(21)25/h1,7-9H,5-6H2,2-3H3,(H,20,25)/b18-9-. The molecule has 0 saturated carbocycles. The number of halogens is 1. The molecule has 9 heteroatoms. The summed E-state index contributed by atoms with van der Waals surface area (Å²) in [7, 11) is 0. The number of nitrogens with zero attached hydrogens (tertiary/aromatic N) is 3. The summed E-state index contributed by atoms with van der Waals surface area (Å²) in [4.78, 5) is 12.0. The summed E-state index contributed by atoms with van der Waals surface area (Å²) < 4.78 is 12.1. The van der Waals surface area contributed by atoms with Crippen molar-refractivity contribution in [2.45, 2.75) is 13.8 Å². The number of hydrogen-bond donors (Lipinski definition) is 1. The Morgan fingerprint density at radius 3 is 2.96 bits per heavy atom. The van der Waals surface area contributed by atoms with E-state index in [1.165, 1.54) is 6.21 Å². The zero-order valence-electron chi connectivity index (χ0n) is 13.6. The normalized spacial score (nSPS) is 10.6. The molecule has 0 spiro atoms. The Kier molecular flexibility index (Phi) is 6.33. The lowest BCUT2D eigenvalue weighted by molar-refractivity contribution is 0.299. The molecule has 0 atom stereocenters. The van der Waals surface area contributed by atoms with E-state index in [9.17, 15) is 4.79 Å². The fourth-order valence-electron chi connectivity index (χ4n) is 1.88. The van der Waals surface area contributed by atoms with Gasteiger partial charge < -0.3 is 9.47 Å². The summed E-state index contributed by atoms with van der Waals surface area (Å²) >= 11 is 11.3. The highest BCUT2D eigenvalue weighted by Gasteiger charge is 2.12. The van der Waals surface area contributed by atoms with Crippen LogP contribution in [0.3, 0.4) is 0 Å². The number of H-pyrrole nitrogens is 1. The zero-order chi connectivity index (χ0) is 18.4. The molecule has 1 aromatic carbocycles. The van der Waals surface area contributed by atoms with Crippen molar-refractivity contribution < 1.29 is 9.47 Å². The highest BCUT2D eigenvalue weighted by molar-refractivity contribution is 7.71. The first-order valence-corrected chi connectivity index (χ1v) is 8.01. The van der Waals surface area contributed by atoms with Crippen LogP contribution in [0.4, 0.5) is 0 Å². The largest absolute Gasteiger partial charge is 0.490 e. The van der Waals surface area contributed by atoms with Crippen molar-refractivity contribution in [3.63, 3.8) is 0 Å². The quantitative estimate of drug-likeness (QED) is 0.474. The number of rotatable bonds is 6. The molecule has 0 fully saturated rings. The van der Waals surface area contributed by atoms with E-state index < -0.39 is 5.56 Å². The summed E-state index contributed by atoms with van der Waals surface area (Å²) in [6, 6.07) is 3.29. The molecule has 0 saturated heterocycles. The number of ether oxygens (including phenoxy) is 2. The summed E-state index contributed by atoms with van der Waals surface area (Å²) in [5, 5.41) is 10.7. The number of aromatic amines is 1. The lowest BCUT2D eigenvalue weighted by atomic mass is 10.2. The third-order valence-electron chi connectivity index (χ3n) is 2.97. The van der Waals surface area contributed by atoms with Crippen molar-refractivity contribution in [3.8, 4) is 23.8 Å². The molecule has 0 unspecified atom stereocenters. The van der Waals surface area contributed by atoms with Crippen LogP contribution in [-0.4, -0.2) is 34.3 Å². The maximum atomic E-state index is 12.0. The van der Waals surface area contributed by atoms with Gasteiger partial charge in [-0.2, -0.15) is 14.9 Å². The van der Waals surface area contributed by atoms with Gasteiger partial charge in [-0.1, -0.05) is 17.5 Å². The van der Waals surface area contributed by atoms with Crippen molar-refractivity contribution in [2.24, 2.45) is 5.10 Å². The van der Waals surface area contributed by atoms with E-state index in [0.717, 1.165) is 4.68 Å². The third-order valence-corrected chi connectivity index (χ3v) is 3.51. The van der Waals surface area contributed by atoms with E-state index in [1.54, 1.807) is 19.1 Å². The van der Waals surface area contributed by atoms with Gasteiger partial charge in [-0.3, -0.25) is 9.89 Å².